The second-order valence-electron chi connectivity index (χ2n) is 6.06. The van der Waals surface area contributed by atoms with E-state index in [4.69, 9.17) is 0 Å². The molecule has 7 heteroatoms. The summed E-state index contributed by atoms with van der Waals surface area (Å²) < 4.78 is 26.1. The van der Waals surface area contributed by atoms with Gasteiger partial charge >= 0.3 is 0 Å². The molecule has 1 saturated carbocycles. The number of hydrogen-bond donors (Lipinski definition) is 2. The highest BCUT2D eigenvalue weighted by atomic mass is 19.3. The van der Waals surface area contributed by atoms with Crippen molar-refractivity contribution in [1.82, 2.24) is 15.3 Å². The number of para-hydroxylation sites is 1. The third kappa shape index (κ3) is 3.44. The molecule has 1 aromatic heterocycles. The molecule has 2 aromatic rings. The number of carbonyl (C=O) groups is 1. The number of alkyl halides is 2. The summed E-state index contributed by atoms with van der Waals surface area (Å²) in [4.78, 5) is 19.6. The standard InChI is InChI=1S/C17H20F2N4O/c1-20-17(24)10-6-8-11(9-7-10)21-15-12-4-2-3-5-13(12)22-16(23-15)14(18)19/h2-5,10-11,14H,6-9H2,1H3,(H,20,24)(H,21,22,23). The SMILES string of the molecule is CNC(=O)C1CCC(Nc2nc(C(F)F)nc3ccccc23)CC1. The molecule has 3 rings (SSSR count). The fourth-order valence-corrected chi connectivity index (χ4v) is 3.20. The van der Waals surface area contributed by atoms with E-state index in [-0.39, 0.29) is 17.9 Å². The molecule has 1 aliphatic carbocycles. The fraction of sp³-hybridized carbons (Fsp3) is 0.471. The smallest absolute Gasteiger partial charge is 0.297 e. The number of nitrogens with zero attached hydrogens (tertiary/aromatic N) is 2. The van der Waals surface area contributed by atoms with E-state index in [1.54, 1.807) is 19.2 Å². The second kappa shape index (κ2) is 7.07. The van der Waals surface area contributed by atoms with Crippen LogP contribution >= 0.6 is 0 Å². The molecular formula is C17H20F2N4O. The molecule has 24 heavy (non-hydrogen) atoms. The van der Waals surface area contributed by atoms with Gasteiger partial charge in [-0.3, -0.25) is 4.79 Å². The lowest BCUT2D eigenvalue weighted by molar-refractivity contribution is -0.125. The average Bonchev–Trinajstić information content (AvgIpc) is 2.61. The summed E-state index contributed by atoms with van der Waals surface area (Å²) >= 11 is 0. The molecule has 0 spiro atoms. The monoisotopic (exact) mass is 334 g/mol. The largest absolute Gasteiger partial charge is 0.367 e. The van der Waals surface area contributed by atoms with E-state index in [1.807, 2.05) is 12.1 Å². The molecule has 0 unspecified atom stereocenters. The number of nitrogens with one attached hydrogen (secondary N) is 2. The first-order chi connectivity index (χ1) is 11.6. The number of carbonyl (C=O) groups excluding carboxylic acids is 1. The van der Waals surface area contributed by atoms with Gasteiger partial charge < -0.3 is 10.6 Å². The van der Waals surface area contributed by atoms with Gasteiger partial charge in [0, 0.05) is 24.4 Å². The lowest BCUT2D eigenvalue weighted by atomic mass is 9.85. The zero-order chi connectivity index (χ0) is 17.1. The topological polar surface area (TPSA) is 66.9 Å². The summed E-state index contributed by atoms with van der Waals surface area (Å²) in [6, 6.07) is 7.25. The first-order valence-corrected chi connectivity index (χ1v) is 8.11. The summed E-state index contributed by atoms with van der Waals surface area (Å²) in [6.07, 6.45) is 0.462. The molecule has 5 nitrogen and oxygen atoms in total. The van der Waals surface area contributed by atoms with Crippen molar-refractivity contribution < 1.29 is 13.6 Å². The highest BCUT2D eigenvalue weighted by Crippen LogP contribution is 2.29. The number of hydrogen-bond acceptors (Lipinski definition) is 4. The Morgan fingerprint density at radius 3 is 2.54 bits per heavy atom. The van der Waals surface area contributed by atoms with Gasteiger partial charge in [-0.15, -0.1) is 0 Å². The average molecular weight is 334 g/mol. The Bertz CT molecular complexity index is 730. The van der Waals surface area contributed by atoms with Crippen LogP contribution in [0.5, 0.6) is 0 Å². The molecule has 1 amide bonds. The van der Waals surface area contributed by atoms with Crippen LogP contribution in [0.3, 0.4) is 0 Å². The van der Waals surface area contributed by atoms with E-state index in [0.717, 1.165) is 31.1 Å². The number of anilines is 1. The van der Waals surface area contributed by atoms with Gasteiger partial charge in [0.2, 0.25) is 5.91 Å². The Morgan fingerprint density at radius 2 is 1.88 bits per heavy atom. The fourth-order valence-electron chi connectivity index (χ4n) is 3.20. The first-order valence-electron chi connectivity index (χ1n) is 8.11. The quantitative estimate of drug-likeness (QED) is 0.900. The number of fused-ring (bicyclic) bond motifs is 1. The van der Waals surface area contributed by atoms with Gasteiger partial charge in [-0.05, 0) is 37.8 Å². The summed E-state index contributed by atoms with van der Waals surface area (Å²) in [7, 11) is 1.64. The molecular weight excluding hydrogens is 314 g/mol. The van der Waals surface area contributed by atoms with Crippen molar-refractivity contribution in [3.8, 4) is 0 Å². The summed E-state index contributed by atoms with van der Waals surface area (Å²) in [5.41, 5.74) is 0.504. The minimum Gasteiger partial charge on any atom is -0.367 e. The summed E-state index contributed by atoms with van der Waals surface area (Å²) in [5.74, 6) is 0.0854. The van der Waals surface area contributed by atoms with Crippen molar-refractivity contribution in [2.45, 2.75) is 38.2 Å². The van der Waals surface area contributed by atoms with E-state index in [2.05, 4.69) is 20.6 Å². The normalized spacial score (nSPS) is 21.0. The maximum absolute atomic E-state index is 13.0. The molecule has 128 valence electrons. The van der Waals surface area contributed by atoms with Crippen LogP contribution < -0.4 is 10.6 Å². The Labute approximate surface area is 138 Å². The number of aromatic nitrogens is 2. The molecule has 1 fully saturated rings. The van der Waals surface area contributed by atoms with Gasteiger partial charge in [-0.25, -0.2) is 18.7 Å². The molecule has 0 bridgehead atoms. The van der Waals surface area contributed by atoms with E-state index in [0.29, 0.717) is 11.3 Å². The minimum atomic E-state index is -2.71. The van der Waals surface area contributed by atoms with Crippen molar-refractivity contribution in [3.63, 3.8) is 0 Å². The van der Waals surface area contributed by atoms with Crippen LogP contribution in [0.1, 0.15) is 37.9 Å². The predicted octanol–water partition coefficient (Wildman–Crippen LogP) is 3.28. The van der Waals surface area contributed by atoms with Gasteiger partial charge in [-0.2, -0.15) is 0 Å². The Morgan fingerprint density at radius 1 is 1.17 bits per heavy atom. The van der Waals surface area contributed by atoms with Crippen molar-refractivity contribution in [3.05, 3.63) is 30.1 Å². The van der Waals surface area contributed by atoms with Gasteiger partial charge in [-0.1, -0.05) is 12.1 Å². The molecule has 1 aliphatic rings. The Balaban J connectivity index is 1.79. The molecule has 1 heterocycles. The van der Waals surface area contributed by atoms with Crippen LogP contribution in [0, 0.1) is 5.92 Å². The molecule has 0 radical (unpaired) electrons. The van der Waals surface area contributed by atoms with Crippen molar-refractivity contribution in [2.75, 3.05) is 12.4 Å². The van der Waals surface area contributed by atoms with Crippen molar-refractivity contribution in [1.29, 1.82) is 0 Å². The van der Waals surface area contributed by atoms with Crippen LogP contribution in [0.15, 0.2) is 24.3 Å². The van der Waals surface area contributed by atoms with E-state index in [1.165, 1.54) is 0 Å². The van der Waals surface area contributed by atoms with Crippen LogP contribution in [0.2, 0.25) is 0 Å². The van der Waals surface area contributed by atoms with E-state index < -0.39 is 12.2 Å². The van der Waals surface area contributed by atoms with Gasteiger partial charge in [0.05, 0.1) is 5.52 Å². The van der Waals surface area contributed by atoms with Crippen molar-refractivity contribution >= 4 is 22.6 Å². The van der Waals surface area contributed by atoms with Crippen LogP contribution in [-0.2, 0) is 4.79 Å². The number of amides is 1. The maximum Gasteiger partial charge on any atom is 0.297 e. The first kappa shape index (κ1) is 16.5. The highest BCUT2D eigenvalue weighted by molar-refractivity contribution is 5.89. The number of benzene rings is 1. The molecule has 2 N–H and O–H groups in total. The Hall–Kier alpha value is -2.31. The van der Waals surface area contributed by atoms with Gasteiger partial charge in [0.25, 0.3) is 6.43 Å². The van der Waals surface area contributed by atoms with E-state index in [9.17, 15) is 13.6 Å². The molecule has 0 aliphatic heterocycles. The van der Waals surface area contributed by atoms with E-state index >= 15 is 0 Å². The minimum absolute atomic E-state index is 0.0341. The summed E-state index contributed by atoms with van der Waals surface area (Å²) in [5, 5.41) is 6.69. The third-order valence-electron chi connectivity index (χ3n) is 4.50. The molecule has 0 saturated heterocycles. The van der Waals surface area contributed by atoms with Crippen LogP contribution in [-0.4, -0.2) is 29.0 Å². The van der Waals surface area contributed by atoms with Crippen molar-refractivity contribution in [2.24, 2.45) is 5.92 Å². The molecule has 0 atom stereocenters. The van der Waals surface area contributed by atoms with Crippen LogP contribution in [0.25, 0.3) is 10.9 Å². The second-order valence-corrected chi connectivity index (χ2v) is 6.06. The summed E-state index contributed by atoms with van der Waals surface area (Å²) in [6.45, 7) is 0. The van der Waals surface area contributed by atoms with Crippen LogP contribution in [0.4, 0.5) is 14.6 Å². The number of halogens is 2. The van der Waals surface area contributed by atoms with Gasteiger partial charge in [0.1, 0.15) is 5.82 Å². The van der Waals surface area contributed by atoms with Gasteiger partial charge in [0.15, 0.2) is 5.82 Å². The highest BCUT2D eigenvalue weighted by Gasteiger charge is 2.26. The predicted molar refractivity (Wildman–Crippen MR) is 87.9 cm³/mol. The zero-order valence-electron chi connectivity index (χ0n) is 13.4. The lowest BCUT2D eigenvalue weighted by Crippen LogP contribution is -2.34. The third-order valence-corrected chi connectivity index (χ3v) is 4.50. The number of rotatable bonds is 4. The maximum atomic E-state index is 13.0. The molecule has 1 aromatic carbocycles. The lowest BCUT2D eigenvalue weighted by Gasteiger charge is -2.28. The zero-order valence-corrected chi connectivity index (χ0v) is 13.4. The Kier molecular flexibility index (Phi) is 4.87.